The number of hydrogen-bond acceptors (Lipinski definition) is 5. The minimum absolute atomic E-state index is 0.0323. The van der Waals surface area contributed by atoms with Gasteiger partial charge in [0.15, 0.2) is 0 Å². The summed E-state index contributed by atoms with van der Waals surface area (Å²) in [6.07, 6.45) is 3.31. The third-order valence-electron chi connectivity index (χ3n) is 3.65. The fourth-order valence-electron chi connectivity index (χ4n) is 2.27. The molecule has 0 aliphatic heterocycles. The highest BCUT2D eigenvalue weighted by Gasteiger charge is 2.17. The zero-order valence-electron chi connectivity index (χ0n) is 14.5. The Morgan fingerprint density at radius 1 is 1.35 bits per heavy atom. The van der Waals surface area contributed by atoms with Crippen LogP contribution >= 0.6 is 11.6 Å². The van der Waals surface area contributed by atoms with Gasteiger partial charge in [-0.05, 0) is 29.8 Å². The SMILES string of the molecule is COc1ccc(S(=O)(=O)NCCN(Cc2cccnc2)C(C)=O)cc1Cl. The van der Waals surface area contributed by atoms with E-state index in [-0.39, 0.29) is 28.9 Å². The first-order valence-corrected chi connectivity index (χ1v) is 9.67. The van der Waals surface area contributed by atoms with Crippen molar-refractivity contribution in [1.82, 2.24) is 14.6 Å². The van der Waals surface area contributed by atoms with Crippen molar-refractivity contribution in [2.45, 2.75) is 18.4 Å². The van der Waals surface area contributed by atoms with Crippen LogP contribution in [0, 0.1) is 0 Å². The topological polar surface area (TPSA) is 88.6 Å². The van der Waals surface area contributed by atoms with E-state index in [1.165, 1.54) is 32.2 Å². The predicted octanol–water partition coefficient (Wildman–Crippen LogP) is 2.07. The molecule has 0 saturated carbocycles. The number of nitrogens with one attached hydrogen (secondary N) is 1. The van der Waals surface area contributed by atoms with Gasteiger partial charge >= 0.3 is 0 Å². The molecule has 140 valence electrons. The highest BCUT2D eigenvalue weighted by Crippen LogP contribution is 2.26. The summed E-state index contributed by atoms with van der Waals surface area (Å²) in [6.45, 7) is 2.10. The van der Waals surface area contributed by atoms with E-state index in [1.807, 2.05) is 6.07 Å². The highest BCUT2D eigenvalue weighted by atomic mass is 35.5. The van der Waals surface area contributed by atoms with Crippen LogP contribution in [0.3, 0.4) is 0 Å². The van der Waals surface area contributed by atoms with E-state index in [1.54, 1.807) is 23.4 Å². The molecule has 0 radical (unpaired) electrons. The van der Waals surface area contributed by atoms with Crippen molar-refractivity contribution in [1.29, 1.82) is 0 Å². The summed E-state index contributed by atoms with van der Waals surface area (Å²) in [7, 11) is -2.29. The summed E-state index contributed by atoms with van der Waals surface area (Å²) in [4.78, 5) is 17.4. The lowest BCUT2D eigenvalue weighted by Gasteiger charge is -2.21. The van der Waals surface area contributed by atoms with Crippen LogP contribution in [0.2, 0.25) is 5.02 Å². The first-order chi connectivity index (χ1) is 12.3. The molecule has 0 aliphatic carbocycles. The van der Waals surface area contributed by atoms with E-state index in [0.29, 0.717) is 12.3 Å². The van der Waals surface area contributed by atoms with Gasteiger partial charge < -0.3 is 9.64 Å². The van der Waals surface area contributed by atoms with Gasteiger partial charge in [-0.15, -0.1) is 0 Å². The smallest absolute Gasteiger partial charge is 0.240 e. The van der Waals surface area contributed by atoms with Crippen molar-refractivity contribution in [2.24, 2.45) is 0 Å². The summed E-state index contributed by atoms with van der Waals surface area (Å²) in [5.41, 5.74) is 0.868. The van der Waals surface area contributed by atoms with Gasteiger partial charge in [0.05, 0.1) is 17.0 Å². The first-order valence-electron chi connectivity index (χ1n) is 7.81. The number of halogens is 1. The van der Waals surface area contributed by atoms with Crippen molar-refractivity contribution in [3.05, 3.63) is 53.3 Å². The van der Waals surface area contributed by atoms with Gasteiger partial charge in [-0.3, -0.25) is 9.78 Å². The lowest BCUT2D eigenvalue weighted by atomic mass is 10.2. The quantitative estimate of drug-likeness (QED) is 0.736. The number of sulfonamides is 1. The number of amides is 1. The zero-order valence-corrected chi connectivity index (χ0v) is 16.0. The van der Waals surface area contributed by atoms with Gasteiger partial charge in [-0.25, -0.2) is 13.1 Å². The summed E-state index contributed by atoms with van der Waals surface area (Å²) in [5, 5.41) is 0.206. The standard InChI is InChI=1S/C17H20ClN3O4S/c1-13(22)21(12-14-4-3-7-19-11-14)9-8-20-26(23,24)15-5-6-17(25-2)16(18)10-15/h3-7,10-11,20H,8-9,12H2,1-2H3. The van der Waals surface area contributed by atoms with Crippen LogP contribution in [-0.2, 0) is 21.4 Å². The van der Waals surface area contributed by atoms with Crippen molar-refractivity contribution < 1.29 is 17.9 Å². The minimum atomic E-state index is -3.74. The Morgan fingerprint density at radius 3 is 2.69 bits per heavy atom. The Morgan fingerprint density at radius 2 is 2.12 bits per heavy atom. The van der Waals surface area contributed by atoms with Gasteiger partial charge in [-0.1, -0.05) is 17.7 Å². The van der Waals surface area contributed by atoms with E-state index in [9.17, 15) is 13.2 Å². The van der Waals surface area contributed by atoms with Crippen LogP contribution in [0.1, 0.15) is 12.5 Å². The second-order valence-electron chi connectivity index (χ2n) is 5.50. The van der Waals surface area contributed by atoms with Gasteiger partial charge in [0, 0.05) is 39.0 Å². The normalized spacial score (nSPS) is 11.2. The minimum Gasteiger partial charge on any atom is -0.495 e. The van der Waals surface area contributed by atoms with Crippen molar-refractivity contribution >= 4 is 27.5 Å². The van der Waals surface area contributed by atoms with Crippen molar-refractivity contribution in [3.63, 3.8) is 0 Å². The predicted molar refractivity (Wildman–Crippen MR) is 98.5 cm³/mol. The second kappa shape index (κ2) is 8.98. The lowest BCUT2D eigenvalue weighted by molar-refractivity contribution is -0.129. The molecule has 1 amide bonds. The Bertz CT molecular complexity index is 860. The maximum Gasteiger partial charge on any atom is 0.240 e. The Hall–Kier alpha value is -2.16. The molecule has 0 fully saturated rings. The van der Waals surface area contributed by atoms with Crippen LogP contribution in [0.4, 0.5) is 0 Å². The maximum atomic E-state index is 12.4. The van der Waals surface area contributed by atoms with Crippen LogP contribution in [-0.4, -0.2) is 44.4 Å². The lowest BCUT2D eigenvalue weighted by Crippen LogP contribution is -2.37. The number of ether oxygens (including phenoxy) is 1. The van der Waals surface area contributed by atoms with E-state index in [0.717, 1.165) is 5.56 Å². The number of rotatable bonds is 8. The number of nitrogens with zero attached hydrogens (tertiary/aromatic N) is 2. The molecular formula is C17H20ClN3O4S. The van der Waals surface area contributed by atoms with E-state index in [4.69, 9.17) is 16.3 Å². The fourth-order valence-corrected chi connectivity index (χ4v) is 3.64. The molecular weight excluding hydrogens is 378 g/mol. The number of carbonyl (C=O) groups excluding carboxylic acids is 1. The molecule has 2 rings (SSSR count). The molecule has 7 nitrogen and oxygen atoms in total. The van der Waals surface area contributed by atoms with Crippen LogP contribution < -0.4 is 9.46 Å². The average molecular weight is 398 g/mol. The zero-order chi connectivity index (χ0) is 19.2. The molecule has 0 bridgehead atoms. The number of methoxy groups -OCH3 is 1. The largest absolute Gasteiger partial charge is 0.495 e. The molecule has 1 aromatic carbocycles. The van der Waals surface area contributed by atoms with Gasteiger partial charge in [0.1, 0.15) is 5.75 Å². The first kappa shape index (κ1) is 20.2. The number of carbonyl (C=O) groups is 1. The monoisotopic (exact) mass is 397 g/mol. The third kappa shape index (κ3) is 5.42. The molecule has 1 aromatic heterocycles. The van der Waals surface area contributed by atoms with Crippen LogP contribution in [0.25, 0.3) is 0 Å². The van der Waals surface area contributed by atoms with Crippen LogP contribution in [0.15, 0.2) is 47.6 Å². The Balaban J connectivity index is 1.99. The summed E-state index contributed by atoms with van der Waals surface area (Å²) in [5.74, 6) is 0.241. The maximum absolute atomic E-state index is 12.4. The average Bonchev–Trinajstić information content (AvgIpc) is 2.61. The molecule has 0 spiro atoms. The number of pyridine rings is 1. The highest BCUT2D eigenvalue weighted by molar-refractivity contribution is 7.89. The summed E-state index contributed by atoms with van der Waals surface area (Å²) in [6, 6.07) is 7.85. The van der Waals surface area contributed by atoms with Gasteiger partial charge in [0.2, 0.25) is 15.9 Å². The Labute approximate surface area is 158 Å². The fraction of sp³-hybridized carbons (Fsp3) is 0.294. The van der Waals surface area contributed by atoms with E-state index in [2.05, 4.69) is 9.71 Å². The molecule has 1 N–H and O–H groups in total. The third-order valence-corrected chi connectivity index (χ3v) is 5.40. The van der Waals surface area contributed by atoms with Gasteiger partial charge in [0.25, 0.3) is 0 Å². The Kier molecular flexibility index (Phi) is 6.96. The number of hydrogen-bond donors (Lipinski definition) is 1. The second-order valence-corrected chi connectivity index (χ2v) is 7.67. The molecule has 26 heavy (non-hydrogen) atoms. The molecule has 0 atom stereocenters. The number of aromatic nitrogens is 1. The molecule has 2 aromatic rings. The van der Waals surface area contributed by atoms with E-state index < -0.39 is 10.0 Å². The summed E-state index contributed by atoms with van der Waals surface area (Å²) >= 11 is 5.98. The van der Waals surface area contributed by atoms with Crippen LogP contribution in [0.5, 0.6) is 5.75 Å². The van der Waals surface area contributed by atoms with E-state index >= 15 is 0 Å². The van der Waals surface area contributed by atoms with Crippen molar-refractivity contribution in [3.8, 4) is 5.75 Å². The summed E-state index contributed by atoms with van der Waals surface area (Å²) < 4.78 is 32.2. The molecule has 1 heterocycles. The molecule has 0 saturated heterocycles. The molecule has 0 aliphatic rings. The van der Waals surface area contributed by atoms with Gasteiger partial charge in [-0.2, -0.15) is 0 Å². The number of benzene rings is 1. The van der Waals surface area contributed by atoms with Crippen molar-refractivity contribution in [2.75, 3.05) is 20.2 Å². The molecule has 0 unspecified atom stereocenters. The molecule has 9 heteroatoms.